The van der Waals surface area contributed by atoms with Crippen LogP contribution in [-0.4, -0.2) is 26.1 Å². The fourth-order valence-electron chi connectivity index (χ4n) is 2.34. The average molecular weight is 391 g/mol. The number of rotatable bonds is 8. The summed E-state index contributed by atoms with van der Waals surface area (Å²) >= 11 is 3.52. The number of benzene rings is 2. The number of carbonyl (C=O) groups is 1. The summed E-state index contributed by atoms with van der Waals surface area (Å²) in [6.45, 7) is 3.27. The van der Waals surface area contributed by atoms with Crippen molar-refractivity contribution >= 4 is 27.5 Å². The van der Waals surface area contributed by atoms with Gasteiger partial charge in [-0.2, -0.15) is 0 Å². The van der Waals surface area contributed by atoms with E-state index in [0.29, 0.717) is 19.5 Å². The first-order valence-electron chi connectivity index (χ1n) is 7.98. The topological polar surface area (TPSA) is 50.4 Å². The summed E-state index contributed by atoms with van der Waals surface area (Å²) in [6.07, 6.45) is 1.23. The number of hydrogen-bond donors (Lipinski definition) is 2. The molecule has 1 amide bonds. The second-order valence-corrected chi connectivity index (χ2v) is 6.47. The molecule has 0 saturated carbocycles. The first kappa shape index (κ1) is 18.3. The van der Waals surface area contributed by atoms with Crippen LogP contribution in [0.15, 0.2) is 46.9 Å². The van der Waals surface area contributed by atoms with E-state index >= 15 is 0 Å². The standard InChI is InChI=1S/C19H23BrN2O2/c1-14-6-7-18(17(20)12-14)21-11-9-19(23)22-10-8-15-4-3-5-16(13-15)24-2/h3-7,12-13,21H,8-11H2,1-2H3,(H,22,23). The SMILES string of the molecule is COc1cccc(CCNC(=O)CCNc2ccc(C)cc2Br)c1. The normalized spacial score (nSPS) is 10.3. The highest BCUT2D eigenvalue weighted by Gasteiger charge is 2.03. The second-order valence-electron chi connectivity index (χ2n) is 5.61. The summed E-state index contributed by atoms with van der Waals surface area (Å²) in [7, 11) is 1.65. The second kappa shape index (κ2) is 9.33. The number of carbonyl (C=O) groups excluding carboxylic acids is 1. The molecule has 0 spiro atoms. The minimum Gasteiger partial charge on any atom is -0.497 e. The Morgan fingerprint density at radius 2 is 2.00 bits per heavy atom. The maximum absolute atomic E-state index is 11.9. The first-order chi connectivity index (χ1) is 11.6. The van der Waals surface area contributed by atoms with Crippen LogP contribution in [-0.2, 0) is 11.2 Å². The molecule has 2 rings (SSSR count). The Balaban J connectivity index is 1.68. The molecule has 0 unspecified atom stereocenters. The number of halogens is 1. The first-order valence-corrected chi connectivity index (χ1v) is 8.77. The minimum atomic E-state index is 0.0497. The van der Waals surface area contributed by atoms with Crippen molar-refractivity contribution in [2.75, 3.05) is 25.5 Å². The van der Waals surface area contributed by atoms with Crippen LogP contribution >= 0.6 is 15.9 Å². The molecule has 4 nitrogen and oxygen atoms in total. The van der Waals surface area contributed by atoms with Gasteiger partial charge in [-0.3, -0.25) is 4.79 Å². The van der Waals surface area contributed by atoms with E-state index in [4.69, 9.17) is 4.74 Å². The molecule has 0 aromatic heterocycles. The van der Waals surface area contributed by atoms with Gasteiger partial charge in [-0.25, -0.2) is 0 Å². The molecule has 5 heteroatoms. The zero-order chi connectivity index (χ0) is 17.4. The molecular weight excluding hydrogens is 368 g/mol. The zero-order valence-electron chi connectivity index (χ0n) is 14.1. The predicted molar refractivity (Wildman–Crippen MR) is 102 cm³/mol. The maximum atomic E-state index is 11.9. The van der Waals surface area contributed by atoms with Gasteiger partial charge in [0, 0.05) is 29.7 Å². The summed E-state index contributed by atoms with van der Waals surface area (Å²) < 4.78 is 6.21. The van der Waals surface area contributed by atoms with Crippen LogP contribution in [0.3, 0.4) is 0 Å². The highest BCUT2D eigenvalue weighted by Crippen LogP contribution is 2.23. The zero-order valence-corrected chi connectivity index (χ0v) is 15.7. The van der Waals surface area contributed by atoms with Crippen LogP contribution in [0.5, 0.6) is 5.75 Å². The molecular formula is C19H23BrN2O2. The average Bonchev–Trinajstić information content (AvgIpc) is 2.57. The van der Waals surface area contributed by atoms with Gasteiger partial charge < -0.3 is 15.4 Å². The molecule has 2 aromatic rings. The van der Waals surface area contributed by atoms with Gasteiger partial charge in [0.25, 0.3) is 0 Å². The summed E-state index contributed by atoms with van der Waals surface area (Å²) in [5.74, 6) is 0.889. The molecule has 0 saturated heterocycles. The predicted octanol–water partition coefficient (Wildman–Crippen LogP) is 3.93. The Kier molecular flexibility index (Phi) is 7.12. The van der Waals surface area contributed by atoms with Crippen molar-refractivity contribution in [3.63, 3.8) is 0 Å². The van der Waals surface area contributed by atoms with E-state index in [9.17, 15) is 4.79 Å². The van der Waals surface area contributed by atoms with Gasteiger partial charge in [-0.05, 0) is 64.7 Å². The maximum Gasteiger partial charge on any atom is 0.221 e. The van der Waals surface area contributed by atoms with Crippen LogP contribution in [0.2, 0.25) is 0 Å². The van der Waals surface area contributed by atoms with E-state index in [-0.39, 0.29) is 5.91 Å². The van der Waals surface area contributed by atoms with Crippen molar-refractivity contribution in [3.8, 4) is 5.75 Å². The van der Waals surface area contributed by atoms with Crippen molar-refractivity contribution in [2.24, 2.45) is 0 Å². The van der Waals surface area contributed by atoms with E-state index in [1.165, 1.54) is 5.56 Å². The largest absolute Gasteiger partial charge is 0.497 e. The van der Waals surface area contributed by atoms with Gasteiger partial charge in [0.05, 0.1) is 7.11 Å². The van der Waals surface area contributed by atoms with Gasteiger partial charge in [0.15, 0.2) is 0 Å². The molecule has 2 aromatic carbocycles. The summed E-state index contributed by atoms with van der Waals surface area (Å²) in [6, 6.07) is 14.0. The van der Waals surface area contributed by atoms with Crippen LogP contribution in [0.25, 0.3) is 0 Å². The molecule has 0 aliphatic rings. The van der Waals surface area contributed by atoms with Crippen LogP contribution in [0.4, 0.5) is 5.69 Å². The van der Waals surface area contributed by atoms with E-state index in [0.717, 1.165) is 27.9 Å². The number of methoxy groups -OCH3 is 1. The van der Waals surface area contributed by atoms with Crippen molar-refractivity contribution in [1.29, 1.82) is 0 Å². The van der Waals surface area contributed by atoms with E-state index in [1.807, 2.05) is 43.3 Å². The molecule has 128 valence electrons. The van der Waals surface area contributed by atoms with Crippen molar-refractivity contribution in [2.45, 2.75) is 19.8 Å². The fraction of sp³-hybridized carbons (Fsp3) is 0.316. The fourth-order valence-corrected chi connectivity index (χ4v) is 2.97. The molecule has 0 heterocycles. The number of anilines is 1. The Hall–Kier alpha value is -2.01. The van der Waals surface area contributed by atoms with Crippen LogP contribution < -0.4 is 15.4 Å². The van der Waals surface area contributed by atoms with Gasteiger partial charge in [0.1, 0.15) is 5.75 Å². The Labute approximate surface area is 151 Å². The van der Waals surface area contributed by atoms with Gasteiger partial charge in [0.2, 0.25) is 5.91 Å². The molecule has 0 aliphatic heterocycles. The third kappa shape index (κ3) is 5.89. The Morgan fingerprint density at radius 3 is 2.75 bits per heavy atom. The smallest absolute Gasteiger partial charge is 0.221 e. The molecule has 0 atom stereocenters. The molecule has 24 heavy (non-hydrogen) atoms. The third-order valence-electron chi connectivity index (χ3n) is 3.66. The van der Waals surface area contributed by atoms with Gasteiger partial charge >= 0.3 is 0 Å². The lowest BCUT2D eigenvalue weighted by Crippen LogP contribution is -2.27. The third-order valence-corrected chi connectivity index (χ3v) is 4.32. The highest BCUT2D eigenvalue weighted by atomic mass is 79.9. The van der Waals surface area contributed by atoms with E-state index in [1.54, 1.807) is 7.11 Å². The number of hydrogen-bond acceptors (Lipinski definition) is 3. The monoisotopic (exact) mass is 390 g/mol. The number of ether oxygens (including phenoxy) is 1. The van der Waals surface area contributed by atoms with Crippen LogP contribution in [0, 0.1) is 6.92 Å². The quantitative estimate of drug-likeness (QED) is 0.717. The number of nitrogens with one attached hydrogen (secondary N) is 2. The van der Waals surface area contributed by atoms with Crippen LogP contribution in [0.1, 0.15) is 17.5 Å². The molecule has 2 N–H and O–H groups in total. The lowest BCUT2D eigenvalue weighted by molar-refractivity contribution is -0.120. The molecule has 0 aliphatic carbocycles. The van der Waals surface area contributed by atoms with Crippen molar-refractivity contribution < 1.29 is 9.53 Å². The molecule has 0 fully saturated rings. The van der Waals surface area contributed by atoms with Crippen molar-refractivity contribution in [3.05, 3.63) is 58.1 Å². The Morgan fingerprint density at radius 1 is 1.17 bits per heavy atom. The summed E-state index contributed by atoms with van der Waals surface area (Å²) in [5.41, 5.74) is 3.35. The Bertz CT molecular complexity index is 689. The lowest BCUT2D eigenvalue weighted by Gasteiger charge is -2.10. The molecule has 0 radical (unpaired) electrons. The summed E-state index contributed by atoms with van der Waals surface area (Å²) in [4.78, 5) is 11.9. The highest BCUT2D eigenvalue weighted by molar-refractivity contribution is 9.10. The minimum absolute atomic E-state index is 0.0497. The number of aryl methyl sites for hydroxylation is 1. The van der Waals surface area contributed by atoms with Gasteiger partial charge in [-0.1, -0.05) is 18.2 Å². The summed E-state index contributed by atoms with van der Waals surface area (Å²) in [5, 5.41) is 6.22. The molecule has 0 bridgehead atoms. The lowest BCUT2D eigenvalue weighted by atomic mass is 10.1. The van der Waals surface area contributed by atoms with E-state index < -0.39 is 0 Å². The van der Waals surface area contributed by atoms with E-state index in [2.05, 4.69) is 32.6 Å². The van der Waals surface area contributed by atoms with Gasteiger partial charge in [-0.15, -0.1) is 0 Å². The van der Waals surface area contributed by atoms with Crippen molar-refractivity contribution in [1.82, 2.24) is 5.32 Å². The number of amides is 1.